The van der Waals surface area contributed by atoms with Gasteiger partial charge in [0.05, 0.1) is 6.20 Å². The van der Waals surface area contributed by atoms with E-state index < -0.39 is 0 Å². The monoisotopic (exact) mass is 204 g/mol. The molecule has 1 aromatic heterocycles. The predicted octanol–water partition coefficient (Wildman–Crippen LogP) is 0.983. The van der Waals surface area contributed by atoms with Gasteiger partial charge >= 0.3 is 0 Å². The van der Waals surface area contributed by atoms with Crippen LogP contribution in [0.25, 0.3) is 0 Å². The molecule has 1 atom stereocenters. The Kier molecular flexibility index (Phi) is 2.29. The van der Waals surface area contributed by atoms with Gasteiger partial charge in [-0.05, 0) is 31.8 Å². The summed E-state index contributed by atoms with van der Waals surface area (Å²) in [5.74, 6) is 1.74. The summed E-state index contributed by atoms with van der Waals surface area (Å²) in [5.41, 5.74) is 0. The van der Waals surface area contributed by atoms with Crippen LogP contribution < -0.4 is 5.32 Å². The second kappa shape index (κ2) is 3.77. The Morgan fingerprint density at radius 3 is 2.73 bits per heavy atom. The van der Waals surface area contributed by atoms with Crippen LogP contribution in [-0.2, 0) is 0 Å². The molecule has 1 aromatic rings. The number of hydrogen-bond donors (Lipinski definition) is 1. The number of aromatic nitrogens is 2. The number of rotatable bonds is 2. The number of nitrogens with zero attached hydrogens (tertiary/aromatic N) is 3. The lowest BCUT2D eigenvalue weighted by atomic mass is 9.84. The van der Waals surface area contributed by atoms with Gasteiger partial charge in [-0.3, -0.25) is 4.98 Å². The van der Waals surface area contributed by atoms with Crippen molar-refractivity contribution in [1.82, 2.24) is 14.9 Å². The van der Waals surface area contributed by atoms with Gasteiger partial charge in [-0.2, -0.15) is 0 Å². The van der Waals surface area contributed by atoms with Gasteiger partial charge in [-0.25, -0.2) is 4.98 Å². The Balaban J connectivity index is 1.69. The van der Waals surface area contributed by atoms with Crippen LogP contribution in [0, 0.1) is 5.92 Å². The summed E-state index contributed by atoms with van der Waals surface area (Å²) in [5, 5.41) is 3.50. The zero-order chi connectivity index (χ0) is 10.1. The second-order valence-corrected chi connectivity index (χ2v) is 4.48. The van der Waals surface area contributed by atoms with E-state index in [9.17, 15) is 0 Å². The molecule has 0 aliphatic carbocycles. The third-order valence-corrected chi connectivity index (χ3v) is 3.55. The molecule has 15 heavy (non-hydrogen) atoms. The Morgan fingerprint density at radius 2 is 2.13 bits per heavy atom. The molecule has 3 aliphatic rings. The molecule has 3 aliphatic heterocycles. The van der Waals surface area contributed by atoms with E-state index in [0.29, 0.717) is 6.04 Å². The van der Waals surface area contributed by atoms with Crippen LogP contribution in [0.3, 0.4) is 0 Å². The molecule has 0 amide bonds. The molecular weight excluding hydrogens is 188 g/mol. The number of anilines is 1. The molecule has 80 valence electrons. The van der Waals surface area contributed by atoms with Crippen LogP contribution in [-0.4, -0.2) is 40.5 Å². The molecule has 1 unspecified atom stereocenters. The first kappa shape index (κ1) is 9.09. The van der Waals surface area contributed by atoms with Crippen molar-refractivity contribution in [3.05, 3.63) is 18.6 Å². The normalized spacial score (nSPS) is 34.0. The Bertz CT molecular complexity index is 319. The highest BCUT2D eigenvalue weighted by Crippen LogP contribution is 2.29. The van der Waals surface area contributed by atoms with Crippen LogP contribution in [0.5, 0.6) is 0 Å². The third-order valence-electron chi connectivity index (χ3n) is 3.55. The van der Waals surface area contributed by atoms with Gasteiger partial charge in [0.1, 0.15) is 5.82 Å². The SMILES string of the molecule is c1cnc(NC2CN3CCC2CC3)cn1. The van der Waals surface area contributed by atoms with Crippen molar-refractivity contribution in [1.29, 1.82) is 0 Å². The van der Waals surface area contributed by atoms with Crippen molar-refractivity contribution < 1.29 is 0 Å². The predicted molar refractivity (Wildman–Crippen MR) is 58.6 cm³/mol. The first-order valence-corrected chi connectivity index (χ1v) is 5.67. The number of hydrogen-bond acceptors (Lipinski definition) is 4. The fourth-order valence-electron chi connectivity index (χ4n) is 2.69. The summed E-state index contributed by atoms with van der Waals surface area (Å²) >= 11 is 0. The number of fused-ring (bicyclic) bond motifs is 3. The van der Waals surface area contributed by atoms with Crippen LogP contribution in [0.4, 0.5) is 5.82 Å². The Labute approximate surface area is 89.7 Å². The lowest BCUT2D eigenvalue weighted by Gasteiger charge is -2.45. The molecule has 0 aromatic carbocycles. The minimum absolute atomic E-state index is 0.573. The van der Waals surface area contributed by atoms with E-state index in [-0.39, 0.29) is 0 Å². The molecule has 0 saturated carbocycles. The molecule has 4 nitrogen and oxygen atoms in total. The summed E-state index contributed by atoms with van der Waals surface area (Å²) in [4.78, 5) is 10.9. The second-order valence-electron chi connectivity index (χ2n) is 4.48. The van der Waals surface area contributed by atoms with E-state index in [0.717, 1.165) is 11.7 Å². The highest BCUT2D eigenvalue weighted by molar-refractivity contribution is 5.32. The van der Waals surface area contributed by atoms with Gasteiger partial charge in [-0.15, -0.1) is 0 Å². The van der Waals surface area contributed by atoms with E-state index in [4.69, 9.17) is 0 Å². The highest BCUT2D eigenvalue weighted by atomic mass is 15.2. The van der Waals surface area contributed by atoms with E-state index in [1.54, 1.807) is 18.6 Å². The molecule has 3 saturated heterocycles. The van der Waals surface area contributed by atoms with Crippen molar-refractivity contribution in [3.63, 3.8) is 0 Å². The largest absolute Gasteiger partial charge is 0.364 e. The molecule has 3 fully saturated rings. The summed E-state index contributed by atoms with van der Waals surface area (Å²) in [6, 6.07) is 0.573. The van der Waals surface area contributed by atoms with Crippen LogP contribution in [0.1, 0.15) is 12.8 Å². The molecule has 4 heterocycles. The van der Waals surface area contributed by atoms with Crippen LogP contribution in [0.15, 0.2) is 18.6 Å². The van der Waals surface area contributed by atoms with Gasteiger partial charge in [0, 0.05) is 25.0 Å². The van der Waals surface area contributed by atoms with Gasteiger partial charge < -0.3 is 10.2 Å². The van der Waals surface area contributed by atoms with Gasteiger partial charge in [-0.1, -0.05) is 0 Å². The van der Waals surface area contributed by atoms with Crippen molar-refractivity contribution in [3.8, 4) is 0 Å². The maximum absolute atomic E-state index is 4.26. The smallest absolute Gasteiger partial charge is 0.144 e. The van der Waals surface area contributed by atoms with Gasteiger partial charge in [0.25, 0.3) is 0 Å². The fraction of sp³-hybridized carbons (Fsp3) is 0.636. The maximum Gasteiger partial charge on any atom is 0.144 e. The van der Waals surface area contributed by atoms with E-state index in [2.05, 4.69) is 20.2 Å². The molecule has 1 N–H and O–H groups in total. The van der Waals surface area contributed by atoms with Crippen molar-refractivity contribution in [2.75, 3.05) is 25.0 Å². The molecule has 4 rings (SSSR count). The van der Waals surface area contributed by atoms with Crippen molar-refractivity contribution >= 4 is 5.82 Å². The highest BCUT2D eigenvalue weighted by Gasteiger charge is 2.33. The number of nitrogens with one attached hydrogen (secondary N) is 1. The molecule has 4 heteroatoms. The lowest BCUT2D eigenvalue weighted by Crippen LogP contribution is -2.53. The summed E-state index contributed by atoms with van der Waals surface area (Å²) in [7, 11) is 0. The Morgan fingerprint density at radius 1 is 1.27 bits per heavy atom. The molecular formula is C11H16N4. The minimum atomic E-state index is 0.573. The zero-order valence-electron chi connectivity index (χ0n) is 8.76. The van der Waals surface area contributed by atoms with Crippen molar-refractivity contribution in [2.24, 2.45) is 5.92 Å². The van der Waals surface area contributed by atoms with E-state index in [1.807, 2.05) is 0 Å². The van der Waals surface area contributed by atoms with Gasteiger partial charge in [0.2, 0.25) is 0 Å². The summed E-state index contributed by atoms with van der Waals surface area (Å²) in [6.07, 6.45) is 7.92. The fourth-order valence-corrected chi connectivity index (χ4v) is 2.69. The average Bonchev–Trinajstić information content (AvgIpc) is 2.32. The summed E-state index contributed by atoms with van der Waals surface area (Å²) in [6.45, 7) is 3.73. The van der Waals surface area contributed by atoms with Crippen molar-refractivity contribution in [2.45, 2.75) is 18.9 Å². The molecule has 0 spiro atoms. The standard InChI is InChI=1S/C11H16N4/c1-5-15-6-2-9(1)10(8-15)14-11-7-12-3-4-13-11/h3-4,7,9-10H,1-2,5-6,8H2,(H,13,14). The molecule has 0 radical (unpaired) electrons. The van der Waals surface area contributed by atoms with Gasteiger partial charge in [0.15, 0.2) is 0 Å². The van der Waals surface area contributed by atoms with Crippen LogP contribution >= 0.6 is 0 Å². The minimum Gasteiger partial charge on any atom is -0.364 e. The average molecular weight is 204 g/mol. The van der Waals surface area contributed by atoms with E-state index in [1.165, 1.54) is 32.5 Å². The zero-order valence-corrected chi connectivity index (χ0v) is 8.76. The quantitative estimate of drug-likeness (QED) is 0.779. The topological polar surface area (TPSA) is 41.1 Å². The van der Waals surface area contributed by atoms with E-state index >= 15 is 0 Å². The lowest BCUT2D eigenvalue weighted by molar-refractivity contribution is 0.0973. The molecule has 2 bridgehead atoms. The maximum atomic E-state index is 4.26. The Hall–Kier alpha value is -1.16. The first-order valence-electron chi connectivity index (χ1n) is 5.67. The number of piperidine rings is 3. The van der Waals surface area contributed by atoms with Crippen LogP contribution in [0.2, 0.25) is 0 Å². The third kappa shape index (κ3) is 1.81. The first-order chi connectivity index (χ1) is 7.42. The summed E-state index contributed by atoms with van der Waals surface area (Å²) < 4.78 is 0.